The normalized spacial score (nSPS) is 10.6. The molecule has 0 aromatic carbocycles. The largest absolute Gasteiger partial charge is 0.480 e. The molecule has 0 unspecified atom stereocenters. The zero-order valence-electron chi connectivity index (χ0n) is 12.0. The molecule has 20 heavy (non-hydrogen) atoms. The van der Waals surface area contributed by atoms with Gasteiger partial charge in [0.25, 0.3) is 0 Å². The molecule has 0 aliphatic heterocycles. The predicted molar refractivity (Wildman–Crippen MR) is 73.8 cm³/mol. The van der Waals surface area contributed by atoms with Gasteiger partial charge in [-0.25, -0.2) is 9.59 Å². The summed E-state index contributed by atoms with van der Waals surface area (Å²) in [6, 6.07) is 0. The lowest BCUT2D eigenvalue weighted by Gasteiger charge is -2.03. The maximum atomic E-state index is 10.2. The Balaban J connectivity index is 2.99. The first-order valence-corrected chi connectivity index (χ1v) is 7.22. The van der Waals surface area contributed by atoms with Crippen molar-refractivity contribution in [3.05, 3.63) is 0 Å². The smallest absolute Gasteiger partial charge is 0.329 e. The first kappa shape index (κ1) is 18.9. The molecule has 6 nitrogen and oxygen atoms in total. The molecule has 0 spiro atoms. The van der Waals surface area contributed by atoms with Crippen LogP contribution < -0.4 is 0 Å². The molecular weight excluding hydrogens is 264 g/mol. The Bertz CT molecular complexity index is 228. The number of unbranched alkanes of at least 4 members (excludes halogenated alkanes) is 7. The Kier molecular flexibility index (Phi) is 13.5. The second-order valence-electron chi connectivity index (χ2n) is 4.72. The number of carboxylic acid groups (broad SMARTS) is 2. The topological polar surface area (TPSA) is 93.1 Å². The zero-order valence-corrected chi connectivity index (χ0v) is 12.0. The molecule has 2 N–H and O–H groups in total. The van der Waals surface area contributed by atoms with Crippen LogP contribution in [0.4, 0.5) is 0 Å². The molecule has 0 heterocycles. The highest BCUT2D eigenvalue weighted by Crippen LogP contribution is 2.08. The average Bonchev–Trinajstić information content (AvgIpc) is 2.38. The third kappa shape index (κ3) is 16.9. The summed E-state index contributed by atoms with van der Waals surface area (Å²) in [7, 11) is 0. The van der Waals surface area contributed by atoms with E-state index in [9.17, 15) is 9.59 Å². The van der Waals surface area contributed by atoms with Gasteiger partial charge in [-0.3, -0.25) is 0 Å². The molecule has 0 aromatic heterocycles. The summed E-state index contributed by atoms with van der Waals surface area (Å²) in [5, 5.41) is 16.7. The first-order chi connectivity index (χ1) is 9.63. The third-order valence-electron chi connectivity index (χ3n) is 2.78. The van der Waals surface area contributed by atoms with Gasteiger partial charge in [0, 0.05) is 13.2 Å². The van der Waals surface area contributed by atoms with Gasteiger partial charge in [-0.05, 0) is 12.8 Å². The van der Waals surface area contributed by atoms with Crippen LogP contribution in [0.2, 0.25) is 0 Å². The maximum Gasteiger partial charge on any atom is 0.329 e. The molecule has 0 fully saturated rings. The van der Waals surface area contributed by atoms with Gasteiger partial charge in [0.2, 0.25) is 0 Å². The van der Waals surface area contributed by atoms with E-state index in [1.165, 1.54) is 12.8 Å². The molecule has 0 aliphatic rings. The molecule has 0 amide bonds. The lowest BCUT2D eigenvalue weighted by Crippen LogP contribution is -2.07. The van der Waals surface area contributed by atoms with Gasteiger partial charge in [-0.2, -0.15) is 0 Å². The first-order valence-electron chi connectivity index (χ1n) is 7.22. The van der Waals surface area contributed by atoms with Gasteiger partial charge < -0.3 is 19.7 Å². The van der Waals surface area contributed by atoms with Gasteiger partial charge in [0.1, 0.15) is 13.2 Å². The van der Waals surface area contributed by atoms with E-state index in [-0.39, 0.29) is 13.2 Å². The van der Waals surface area contributed by atoms with E-state index in [1.54, 1.807) is 0 Å². The SMILES string of the molecule is O=C(O)COCCCCCCCCCCOCC(=O)O. The van der Waals surface area contributed by atoms with Gasteiger partial charge in [0.15, 0.2) is 0 Å². The summed E-state index contributed by atoms with van der Waals surface area (Å²) in [4.78, 5) is 20.3. The summed E-state index contributed by atoms with van der Waals surface area (Å²) in [5.74, 6) is -1.84. The summed E-state index contributed by atoms with van der Waals surface area (Å²) in [6.07, 6.45) is 8.61. The van der Waals surface area contributed by atoms with Crippen molar-refractivity contribution < 1.29 is 29.3 Å². The van der Waals surface area contributed by atoms with Gasteiger partial charge in [-0.1, -0.05) is 38.5 Å². The highest BCUT2D eigenvalue weighted by molar-refractivity contribution is 5.68. The Morgan fingerprint density at radius 2 is 0.900 bits per heavy atom. The van der Waals surface area contributed by atoms with Crippen LogP contribution in [0.1, 0.15) is 51.4 Å². The fourth-order valence-electron chi connectivity index (χ4n) is 1.79. The molecule has 0 aliphatic carbocycles. The fourth-order valence-corrected chi connectivity index (χ4v) is 1.79. The van der Waals surface area contributed by atoms with Crippen molar-refractivity contribution in [2.24, 2.45) is 0 Å². The zero-order chi connectivity index (χ0) is 15.1. The van der Waals surface area contributed by atoms with E-state index in [0.29, 0.717) is 13.2 Å². The molecule has 6 heteroatoms. The van der Waals surface area contributed by atoms with E-state index in [2.05, 4.69) is 0 Å². The Labute approximate surface area is 120 Å². The molecule has 0 atom stereocenters. The molecule has 0 saturated heterocycles. The van der Waals surface area contributed by atoms with Crippen LogP contribution in [-0.4, -0.2) is 48.6 Å². The van der Waals surface area contributed by atoms with Crippen molar-refractivity contribution in [2.45, 2.75) is 51.4 Å². The minimum absolute atomic E-state index is 0.204. The van der Waals surface area contributed by atoms with Crippen molar-refractivity contribution in [1.29, 1.82) is 0 Å². The van der Waals surface area contributed by atoms with Crippen molar-refractivity contribution >= 4 is 11.9 Å². The Hall–Kier alpha value is -1.14. The van der Waals surface area contributed by atoms with E-state index in [0.717, 1.165) is 38.5 Å². The summed E-state index contributed by atoms with van der Waals surface area (Å²) < 4.78 is 9.88. The van der Waals surface area contributed by atoms with E-state index >= 15 is 0 Å². The van der Waals surface area contributed by atoms with Crippen molar-refractivity contribution in [1.82, 2.24) is 0 Å². The number of ether oxygens (including phenoxy) is 2. The van der Waals surface area contributed by atoms with Crippen LogP contribution in [0.15, 0.2) is 0 Å². The molecule has 0 radical (unpaired) electrons. The minimum Gasteiger partial charge on any atom is -0.480 e. The lowest BCUT2D eigenvalue weighted by molar-refractivity contribution is -0.143. The number of carbonyl (C=O) groups is 2. The molecule has 0 aromatic rings. The van der Waals surface area contributed by atoms with E-state index in [1.807, 2.05) is 0 Å². The summed E-state index contributed by atoms with van der Waals surface area (Å²) >= 11 is 0. The fraction of sp³-hybridized carbons (Fsp3) is 0.857. The molecule has 0 saturated carbocycles. The summed E-state index contributed by atoms with van der Waals surface area (Å²) in [6.45, 7) is 0.633. The second-order valence-corrected chi connectivity index (χ2v) is 4.72. The molecule has 118 valence electrons. The lowest BCUT2D eigenvalue weighted by atomic mass is 10.1. The van der Waals surface area contributed by atoms with E-state index < -0.39 is 11.9 Å². The quantitative estimate of drug-likeness (QED) is 0.450. The number of aliphatic carboxylic acids is 2. The van der Waals surface area contributed by atoms with Crippen LogP contribution in [-0.2, 0) is 19.1 Å². The van der Waals surface area contributed by atoms with Crippen LogP contribution >= 0.6 is 0 Å². The van der Waals surface area contributed by atoms with Crippen molar-refractivity contribution in [2.75, 3.05) is 26.4 Å². The predicted octanol–water partition coefficient (Wildman–Crippen LogP) is 2.31. The molecular formula is C14H26O6. The summed E-state index contributed by atoms with van der Waals surface area (Å²) in [5.41, 5.74) is 0. The third-order valence-corrected chi connectivity index (χ3v) is 2.78. The van der Waals surface area contributed by atoms with Crippen molar-refractivity contribution in [3.8, 4) is 0 Å². The highest BCUT2D eigenvalue weighted by Gasteiger charge is 1.97. The Morgan fingerprint density at radius 3 is 1.20 bits per heavy atom. The molecule has 0 rings (SSSR count). The van der Waals surface area contributed by atoms with Gasteiger partial charge in [0.05, 0.1) is 0 Å². The average molecular weight is 290 g/mol. The van der Waals surface area contributed by atoms with Gasteiger partial charge in [-0.15, -0.1) is 0 Å². The standard InChI is InChI=1S/C14H26O6/c15-13(16)11-19-9-7-5-3-1-2-4-6-8-10-20-12-14(17)18/h1-12H2,(H,15,16)(H,17,18). The van der Waals surface area contributed by atoms with Crippen LogP contribution in [0, 0.1) is 0 Å². The van der Waals surface area contributed by atoms with Crippen LogP contribution in [0.3, 0.4) is 0 Å². The van der Waals surface area contributed by atoms with Gasteiger partial charge >= 0.3 is 11.9 Å². The Morgan fingerprint density at radius 1 is 0.600 bits per heavy atom. The number of hydrogen-bond donors (Lipinski definition) is 2. The molecule has 0 bridgehead atoms. The van der Waals surface area contributed by atoms with Crippen LogP contribution in [0.25, 0.3) is 0 Å². The van der Waals surface area contributed by atoms with Crippen LogP contribution in [0.5, 0.6) is 0 Å². The van der Waals surface area contributed by atoms with Crippen molar-refractivity contribution in [3.63, 3.8) is 0 Å². The number of rotatable bonds is 15. The number of carboxylic acids is 2. The van der Waals surface area contributed by atoms with E-state index in [4.69, 9.17) is 19.7 Å². The monoisotopic (exact) mass is 290 g/mol. The number of hydrogen-bond acceptors (Lipinski definition) is 4. The minimum atomic E-state index is -0.919. The maximum absolute atomic E-state index is 10.2. The second kappa shape index (κ2) is 14.3. The highest BCUT2D eigenvalue weighted by atomic mass is 16.5.